The van der Waals surface area contributed by atoms with Gasteiger partial charge in [0.15, 0.2) is 0 Å². The van der Waals surface area contributed by atoms with E-state index in [4.69, 9.17) is 0 Å². The maximum atomic E-state index is 12.9. The van der Waals surface area contributed by atoms with Crippen LogP contribution in [0.15, 0.2) is 24.3 Å². The summed E-state index contributed by atoms with van der Waals surface area (Å²) in [5, 5.41) is 2.73. The molecule has 24 heavy (non-hydrogen) atoms. The Balaban J connectivity index is 1.63. The predicted octanol–water partition coefficient (Wildman–Crippen LogP) is 1.81. The molecule has 1 atom stereocenters. The van der Waals surface area contributed by atoms with Gasteiger partial charge in [-0.3, -0.25) is 14.5 Å². The smallest absolute Gasteiger partial charge is 0.241 e. The number of rotatable bonds is 3. The number of carbonyl (C=O) groups is 2. The van der Waals surface area contributed by atoms with Crippen molar-refractivity contribution in [1.82, 2.24) is 10.2 Å². The van der Waals surface area contributed by atoms with Gasteiger partial charge in [0, 0.05) is 24.7 Å². The zero-order chi connectivity index (χ0) is 17.1. The van der Waals surface area contributed by atoms with Crippen molar-refractivity contribution in [2.75, 3.05) is 31.6 Å². The van der Waals surface area contributed by atoms with Gasteiger partial charge in [0.1, 0.15) is 0 Å². The van der Waals surface area contributed by atoms with Gasteiger partial charge in [-0.1, -0.05) is 18.2 Å². The zero-order valence-electron chi connectivity index (χ0n) is 14.6. The number of hydrogen-bond donors (Lipinski definition) is 1. The van der Waals surface area contributed by atoms with Crippen molar-refractivity contribution >= 4 is 17.5 Å². The molecule has 2 aliphatic rings. The normalized spacial score (nSPS) is 22.1. The molecule has 5 heteroatoms. The summed E-state index contributed by atoms with van der Waals surface area (Å²) >= 11 is 0. The number of anilines is 1. The number of benzene rings is 1. The molecule has 1 saturated heterocycles. The first kappa shape index (κ1) is 17.0. The van der Waals surface area contributed by atoms with Crippen molar-refractivity contribution < 1.29 is 9.59 Å². The van der Waals surface area contributed by atoms with Gasteiger partial charge >= 0.3 is 0 Å². The van der Waals surface area contributed by atoms with E-state index in [9.17, 15) is 9.59 Å². The summed E-state index contributed by atoms with van der Waals surface area (Å²) in [6, 6.07) is 8.47. The highest BCUT2D eigenvalue weighted by Gasteiger charge is 2.30. The second kappa shape index (κ2) is 7.34. The van der Waals surface area contributed by atoms with E-state index in [1.165, 1.54) is 5.56 Å². The summed E-state index contributed by atoms with van der Waals surface area (Å²) in [5.74, 6) is 0.392. The summed E-state index contributed by atoms with van der Waals surface area (Å²) in [5.41, 5.74) is 2.34. The summed E-state index contributed by atoms with van der Waals surface area (Å²) in [6.07, 6.45) is 3.72. The highest BCUT2D eigenvalue weighted by atomic mass is 16.2. The molecule has 2 heterocycles. The lowest BCUT2D eigenvalue weighted by atomic mass is 9.95. The van der Waals surface area contributed by atoms with E-state index in [-0.39, 0.29) is 23.8 Å². The zero-order valence-corrected chi connectivity index (χ0v) is 14.6. The van der Waals surface area contributed by atoms with Crippen LogP contribution in [0.5, 0.6) is 0 Å². The van der Waals surface area contributed by atoms with Crippen molar-refractivity contribution in [3.05, 3.63) is 29.8 Å². The first-order valence-corrected chi connectivity index (χ1v) is 8.94. The lowest BCUT2D eigenvalue weighted by Crippen LogP contribution is -2.49. The SMILES string of the molecule is CNC(=O)C1CCN(CC(=O)N2c3ccccc3CC[C@H]2C)CC1. The average molecular weight is 329 g/mol. The number of aryl methyl sites for hydroxylation is 1. The molecule has 1 aromatic rings. The van der Waals surface area contributed by atoms with Gasteiger partial charge in [-0.2, -0.15) is 0 Å². The topological polar surface area (TPSA) is 52.7 Å². The van der Waals surface area contributed by atoms with Crippen LogP contribution in [-0.4, -0.2) is 49.4 Å². The Kier molecular flexibility index (Phi) is 5.19. The van der Waals surface area contributed by atoms with Crippen LogP contribution < -0.4 is 10.2 Å². The number of nitrogens with zero attached hydrogens (tertiary/aromatic N) is 2. The molecule has 0 saturated carbocycles. The van der Waals surface area contributed by atoms with Gasteiger partial charge in [0.25, 0.3) is 0 Å². The third kappa shape index (κ3) is 3.46. The Morgan fingerprint density at radius 1 is 1.17 bits per heavy atom. The number of fused-ring (bicyclic) bond motifs is 1. The van der Waals surface area contributed by atoms with Crippen LogP contribution in [-0.2, 0) is 16.0 Å². The maximum absolute atomic E-state index is 12.9. The summed E-state index contributed by atoms with van der Waals surface area (Å²) < 4.78 is 0. The Bertz CT molecular complexity index is 608. The molecule has 1 fully saturated rings. The average Bonchev–Trinajstić information content (AvgIpc) is 2.61. The van der Waals surface area contributed by atoms with E-state index in [0.29, 0.717) is 6.54 Å². The molecule has 5 nitrogen and oxygen atoms in total. The number of likely N-dealkylation sites (tertiary alicyclic amines) is 1. The third-order valence-electron chi connectivity index (χ3n) is 5.36. The number of nitrogens with one attached hydrogen (secondary N) is 1. The quantitative estimate of drug-likeness (QED) is 0.920. The van der Waals surface area contributed by atoms with Crippen LogP contribution in [0.25, 0.3) is 0 Å². The molecule has 0 aromatic heterocycles. The molecule has 1 N–H and O–H groups in total. The van der Waals surface area contributed by atoms with Gasteiger partial charge in [0.05, 0.1) is 6.54 Å². The van der Waals surface area contributed by atoms with Crippen molar-refractivity contribution in [2.24, 2.45) is 5.92 Å². The Hall–Kier alpha value is -1.88. The lowest BCUT2D eigenvalue weighted by Gasteiger charge is -2.38. The molecule has 0 radical (unpaired) electrons. The minimum absolute atomic E-state index is 0.0935. The molecule has 0 bridgehead atoms. The summed E-state index contributed by atoms with van der Waals surface area (Å²) in [7, 11) is 1.69. The number of amides is 2. The second-order valence-corrected chi connectivity index (χ2v) is 6.94. The fourth-order valence-corrected chi connectivity index (χ4v) is 3.89. The first-order valence-electron chi connectivity index (χ1n) is 8.94. The van der Waals surface area contributed by atoms with Crippen molar-refractivity contribution in [1.29, 1.82) is 0 Å². The highest BCUT2D eigenvalue weighted by Crippen LogP contribution is 2.30. The molecular weight excluding hydrogens is 302 g/mol. The molecule has 1 aromatic carbocycles. The summed E-state index contributed by atoms with van der Waals surface area (Å²) in [4.78, 5) is 28.8. The van der Waals surface area contributed by atoms with Gasteiger partial charge < -0.3 is 10.2 Å². The van der Waals surface area contributed by atoms with Crippen molar-refractivity contribution in [3.63, 3.8) is 0 Å². The molecule has 0 aliphatic carbocycles. The van der Waals surface area contributed by atoms with Gasteiger partial charge in [0.2, 0.25) is 11.8 Å². The second-order valence-electron chi connectivity index (χ2n) is 6.94. The largest absolute Gasteiger partial charge is 0.359 e. The molecule has 2 amide bonds. The van der Waals surface area contributed by atoms with Gasteiger partial charge in [-0.05, 0) is 57.3 Å². The Morgan fingerprint density at radius 2 is 1.88 bits per heavy atom. The third-order valence-corrected chi connectivity index (χ3v) is 5.36. The Labute approximate surface area is 144 Å². The van der Waals surface area contributed by atoms with Gasteiger partial charge in [-0.15, -0.1) is 0 Å². The Morgan fingerprint density at radius 3 is 2.58 bits per heavy atom. The molecular formula is C19H27N3O2. The van der Waals surface area contributed by atoms with E-state index in [1.807, 2.05) is 17.0 Å². The minimum Gasteiger partial charge on any atom is -0.359 e. The minimum atomic E-state index is 0.0935. The van der Waals surface area contributed by atoms with E-state index in [1.54, 1.807) is 7.05 Å². The van der Waals surface area contributed by atoms with Crippen molar-refractivity contribution in [2.45, 2.75) is 38.6 Å². The highest BCUT2D eigenvalue weighted by molar-refractivity contribution is 5.96. The van der Waals surface area contributed by atoms with Crippen LogP contribution in [0.4, 0.5) is 5.69 Å². The first-order chi connectivity index (χ1) is 11.6. The summed E-state index contributed by atoms with van der Waals surface area (Å²) in [6.45, 7) is 4.20. The van der Waals surface area contributed by atoms with Crippen LogP contribution in [0.1, 0.15) is 31.7 Å². The number of para-hydroxylation sites is 1. The fourth-order valence-electron chi connectivity index (χ4n) is 3.89. The van der Waals surface area contributed by atoms with Gasteiger partial charge in [-0.25, -0.2) is 0 Å². The standard InChI is InChI=1S/C19H27N3O2/c1-14-7-8-15-5-3-4-6-17(15)22(14)18(23)13-21-11-9-16(10-12-21)19(24)20-2/h3-6,14,16H,7-13H2,1-2H3,(H,20,24)/t14-/m1/s1. The number of piperidine rings is 1. The van der Waals surface area contributed by atoms with Crippen LogP contribution in [0.3, 0.4) is 0 Å². The molecule has 0 spiro atoms. The predicted molar refractivity (Wildman–Crippen MR) is 94.9 cm³/mol. The van der Waals surface area contributed by atoms with E-state index in [0.717, 1.165) is 44.5 Å². The lowest BCUT2D eigenvalue weighted by molar-refractivity contribution is -0.126. The van der Waals surface area contributed by atoms with Crippen LogP contribution in [0.2, 0.25) is 0 Å². The maximum Gasteiger partial charge on any atom is 0.241 e. The number of hydrogen-bond acceptors (Lipinski definition) is 3. The van der Waals surface area contributed by atoms with E-state index in [2.05, 4.69) is 29.3 Å². The molecule has 3 rings (SSSR count). The molecule has 130 valence electrons. The molecule has 0 unspecified atom stereocenters. The van der Waals surface area contributed by atoms with E-state index < -0.39 is 0 Å². The fraction of sp³-hybridized carbons (Fsp3) is 0.579. The van der Waals surface area contributed by atoms with Crippen LogP contribution in [0, 0.1) is 5.92 Å². The van der Waals surface area contributed by atoms with Crippen molar-refractivity contribution in [3.8, 4) is 0 Å². The van der Waals surface area contributed by atoms with Crippen LogP contribution >= 0.6 is 0 Å². The monoisotopic (exact) mass is 329 g/mol. The number of carbonyl (C=O) groups excluding carboxylic acids is 2. The van der Waals surface area contributed by atoms with E-state index >= 15 is 0 Å². The molecule has 2 aliphatic heterocycles.